The van der Waals surface area contributed by atoms with E-state index in [0.717, 1.165) is 272 Å². The molecule has 21 saturated carbocycles. The molecule has 0 heteroatoms. The van der Waals surface area contributed by atoms with Crippen LogP contribution in [-0.4, -0.2) is 0 Å². The van der Waals surface area contributed by atoms with E-state index in [9.17, 15) is 0 Å². The van der Waals surface area contributed by atoms with Crippen LogP contribution in [0.15, 0.2) is 0 Å². The lowest BCUT2D eigenvalue weighted by Crippen LogP contribution is -2.52. The van der Waals surface area contributed by atoms with Crippen LogP contribution in [0.3, 0.4) is 0 Å². The molecular weight excluding hydrogens is 1590 g/mol. The van der Waals surface area contributed by atoms with Gasteiger partial charge in [0.1, 0.15) is 0 Å². The van der Waals surface area contributed by atoms with Crippen molar-refractivity contribution in [2.24, 2.45) is 278 Å². The maximum absolute atomic E-state index is 2.51. The average Bonchev–Trinajstić information content (AvgIpc) is 0.737. The maximum atomic E-state index is 2.51. The fraction of sp³-hybridized carbons (Fsp3) is 1.00. The van der Waals surface area contributed by atoms with Gasteiger partial charge < -0.3 is 0 Å². The summed E-state index contributed by atoms with van der Waals surface area (Å²) < 4.78 is 0. The van der Waals surface area contributed by atoms with Crippen LogP contribution >= 0.6 is 0 Å². The molecule has 0 heterocycles. The zero-order valence-electron chi connectivity index (χ0n) is 95.4. The van der Waals surface area contributed by atoms with Gasteiger partial charge in [0.25, 0.3) is 0 Å². The molecule has 36 atom stereocenters. The fourth-order valence-electron chi connectivity index (χ4n) is 37.1. The predicted molar refractivity (Wildman–Crippen MR) is 585 cm³/mol. The van der Waals surface area contributed by atoms with E-state index < -0.39 is 0 Å². The Morgan fingerprint density at radius 2 is 0.379 bits per heavy atom. The molecule has 21 aliphatic rings. The van der Waals surface area contributed by atoms with Crippen molar-refractivity contribution in [3.63, 3.8) is 0 Å². The van der Waals surface area contributed by atoms with Crippen molar-refractivity contribution in [3.8, 4) is 0 Å². The van der Waals surface area contributed by atoms with E-state index in [1.807, 2.05) is 0 Å². The Bertz CT molecular complexity index is 2680. The van der Waals surface area contributed by atoms with Crippen molar-refractivity contribution < 1.29 is 0 Å². The van der Waals surface area contributed by atoms with Crippen molar-refractivity contribution in [2.45, 2.75) is 560 Å². The zero-order chi connectivity index (χ0) is 95.4. The molecule has 0 aliphatic heterocycles. The molecule has 21 aliphatic carbocycles. The standard InChI is InChI=1S/4C14H26.4C13H24.2C12H22/c1-10(2)5-6-11-7-8-12-9-13(11)14(12,3)4;3*1-4-11-5-12-7-13(6-11)9-14(8-12)10(2)3;3*1-9(2)13-7-11-4-10(3)5-12(6-11)8-13;1-10(2)13-8-11-5-3-4-6-12(7-11)9-13;2*1-9(2)12-7-10-4-3-5-11(6-10)8-12/h10-13H,5-9H2,1-4H3;3*10-14H,4-9H2,1-3H3;3*9-13H,4-8H2,1-3H3;10-13H,3-9H2,1-2H3;2*9-12H,3-8H2,1-2H3/t11?,12-,13-;3*11?,12-,13+,14?;3*10?,11-,12+,13?;11-,12+,13?;2*10-,11+,12?/m0........./s1. The number of hydrogen-bond donors (Lipinski definition) is 0. The third-order valence-electron chi connectivity index (χ3n) is 45.1. The van der Waals surface area contributed by atoms with E-state index in [1.54, 1.807) is 257 Å². The highest BCUT2D eigenvalue weighted by Gasteiger charge is 2.54. The number of fused-ring (bicyclic) bond motifs is 20. The highest BCUT2D eigenvalue weighted by Crippen LogP contribution is 2.63. The summed E-state index contributed by atoms with van der Waals surface area (Å²) in [5, 5.41) is 0. The fourth-order valence-corrected chi connectivity index (χ4v) is 37.1. The molecule has 0 aromatic heterocycles. The Kier molecular flexibility index (Phi) is 46.6. The largest absolute Gasteiger partial charge is 0.0651 e. The Morgan fingerprint density at radius 1 is 0.197 bits per heavy atom. The molecule has 0 aromatic carbocycles. The summed E-state index contributed by atoms with van der Waals surface area (Å²) in [6, 6.07) is 0. The van der Waals surface area contributed by atoms with Gasteiger partial charge in [0, 0.05) is 0 Å². The highest BCUT2D eigenvalue weighted by atomic mass is 14.6. The van der Waals surface area contributed by atoms with Crippen molar-refractivity contribution in [3.05, 3.63) is 0 Å². The second-order valence-corrected chi connectivity index (χ2v) is 59.8. The Hall–Kier alpha value is 0. The summed E-state index contributed by atoms with van der Waals surface area (Å²) in [5.74, 6) is 48.1. The molecule has 772 valence electrons. The first kappa shape index (κ1) is 112. The minimum atomic E-state index is 0.694. The predicted octanol–water partition coefficient (Wildman–Crippen LogP) is 42.3. The smallest absolute Gasteiger partial charge is 0.0295 e. The monoisotopic (exact) mass is 1830 g/mol. The van der Waals surface area contributed by atoms with Gasteiger partial charge in [-0.25, -0.2) is 0 Å². The SMILES string of the molecule is CC(C)C1C[C@H]2CCCC[C@@H](C1)C2.CC(C)C1C[C@H]2CCC[C@@H](C1)C2.CC(C)C1C[C@H]2CCC[C@@H](C1)C2.CC(C)CCC1CC[C@H]2C[C@@H]1C2(C)C.CC1C[C@@H]2CC(C(C)C)C[C@H](C1)C2.CC1C[C@@H]2CC(C(C)C)C[C@H](C1)C2.CC1C[C@@H]2CC(C(C)C)C[C@H](C1)C2.CCC1C[C@@H]2CC(C(C)C)C[C@H](C1)C2.CCC1C[C@@H]2CC(C(C)C)C[C@H](C1)C2.CCC1C[C@@H]2CC(C(C)C)C[C@H](C1)C2. The van der Waals surface area contributed by atoms with Gasteiger partial charge >= 0.3 is 0 Å². The van der Waals surface area contributed by atoms with Gasteiger partial charge in [-0.2, -0.15) is 0 Å². The molecule has 0 radical (unpaired) electrons. The molecule has 20 bridgehead atoms. The molecule has 0 spiro atoms. The van der Waals surface area contributed by atoms with Gasteiger partial charge in [0.05, 0.1) is 0 Å². The summed E-state index contributed by atoms with van der Waals surface area (Å²) in [7, 11) is 0. The van der Waals surface area contributed by atoms with E-state index in [0.29, 0.717) is 5.41 Å². The molecule has 0 N–H and O–H groups in total. The Balaban J connectivity index is 0.000000141. The Labute approximate surface area is 831 Å². The first-order valence-corrected chi connectivity index (χ1v) is 62.8. The molecule has 16 unspecified atom stereocenters. The highest BCUT2D eigenvalue weighted by molar-refractivity contribution is 5.04. The summed E-state index contributed by atoms with van der Waals surface area (Å²) in [6.07, 6.45) is 87.6. The van der Waals surface area contributed by atoms with Crippen molar-refractivity contribution >= 4 is 0 Å². The van der Waals surface area contributed by atoms with E-state index in [4.69, 9.17) is 0 Å². The first-order valence-electron chi connectivity index (χ1n) is 62.8. The quantitative estimate of drug-likeness (QED) is 0.153. The Morgan fingerprint density at radius 3 is 0.553 bits per heavy atom. The third-order valence-corrected chi connectivity index (χ3v) is 45.1. The lowest BCUT2D eigenvalue weighted by Gasteiger charge is -2.60. The third kappa shape index (κ3) is 35.5. The molecule has 0 aromatic rings. The first-order chi connectivity index (χ1) is 62.8. The van der Waals surface area contributed by atoms with Gasteiger partial charge in [0.2, 0.25) is 0 Å². The summed E-state index contributed by atoms with van der Waals surface area (Å²) >= 11 is 0. The molecular formula is C132H244. The minimum Gasteiger partial charge on any atom is -0.0651 e. The average molecular weight is 1830 g/mol. The summed E-state index contributed by atoms with van der Waals surface area (Å²) in [4.78, 5) is 0. The van der Waals surface area contributed by atoms with Gasteiger partial charge in [0.15, 0.2) is 0 Å². The van der Waals surface area contributed by atoms with Crippen molar-refractivity contribution in [1.29, 1.82) is 0 Å². The van der Waals surface area contributed by atoms with Crippen LogP contribution < -0.4 is 0 Å². The van der Waals surface area contributed by atoms with Crippen LogP contribution in [0.1, 0.15) is 560 Å². The van der Waals surface area contributed by atoms with E-state index in [1.165, 1.54) is 109 Å². The van der Waals surface area contributed by atoms with Crippen molar-refractivity contribution in [2.75, 3.05) is 0 Å². The van der Waals surface area contributed by atoms with Gasteiger partial charge in [-0.1, -0.05) is 284 Å². The van der Waals surface area contributed by atoms with Crippen LogP contribution in [0.2, 0.25) is 0 Å². The second kappa shape index (κ2) is 54.8. The molecule has 21 rings (SSSR count). The topological polar surface area (TPSA) is 0 Å². The number of rotatable bonds is 15. The molecule has 132 heavy (non-hydrogen) atoms. The molecule has 0 amide bonds. The van der Waals surface area contributed by atoms with E-state index >= 15 is 0 Å². The van der Waals surface area contributed by atoms with Crippen LogP contribution in [-0.2, 0) is 0 Å². The molecule has 0 saturated heterocycles. The van der Waals surface area contributed by atoms with Crippen molar-refractivity contribution in [1.82, 2.24) is 0 Å². The van der Waals surface area contributed by atoms with Crippen LogP contribution in [0.4, 0.5) is 0 Å². The second-order valence-electron chi connectivity index (χ2n) is 59.8. The van der Waals surface area contributed by atoms with E-state index in [-0.39, 0.29) is 0 Å². The van der Waals surface area contributed by atoms with Crippen LogP contribution in [0.25, 0.3) is 0 Å². The molecule has 0 nitrogen and oxygen atoms in total. The van der Waals surface area contributed by atoms with E-state index in [2.05, 4.69) is 194 Å². The van der Waals surface area contributed by atoms with Gasteiger partial charge in [-0.05, 0) is 554 Å². The minimum absolute atomic E-state index is 0.694. The van der Waals surface area contributed by atoms with Gasteiger partial charge in [-0.15, -0.1) is 0 Å². The lowest BCUT2D eigenvalue weighted by molar-refractivity contribution is -0.107. The maximum Gasteiger partial charge on any atom is -0.0295 e. The summed E-state index contributed by atoms with van der Waals surface area (Å²) in [6.45, 7) is 67.7. The lowest BCUT2D eigenvalue weighted by atomic mass is 9.45. The molecule has 21 fully saturated rings. The van der Waals surface area contributed by atoms with Crippen LogP contribution in [0, 0.1) is 278 Å². The van der Waals surface area contributed by atoms with Crippen LogP contribution in [0.5, 0.6) is 0 Å². The number of hydrogen-bond acceptors (Lipinski definition) is 0. The van der Waals surface area contributed by atoms with Gasteiger partial charge in [-0.3, -0.25) is 0 Å². The normalized spacial score (nSPS) is 42.8. The summed E-state index contributed by atoms with van der Waals surface area (Å²) in [5.41, 5.74) is 0.694. The zero-order valence-corrected chi connectivity index (χ0v) is 95.4.